The molecule has 0 bridgehead atoms. The Morgan fingerprint density at radius 2 is 2.47 bits per heavy atom. The van der Waals surface area contributed by atoms with Crippen molar-refractivity contribution in [1.82, 2.24) is 25.0 Å². The van der Waals surface area contributed by atoms with Crippen molar-refractivity contribution in [2.45, 2.75) is 32.4 Å². The Kier molecular flexibility index (Phi) is 4.08. The Bertz CT molecular complexity index is 351. The zero-order valence-electron chi connectivity index (χ0n) is 10.2. The second kappa shape index (κ2) is 5.77. The smallest absolute Gasteiger partial charge is 0.222 e. The summed E-state index contributed by atoms with van der Waals surface area (Å²) < 4.78 is 1.76. The number of aryl methyl sites for hydroxylation is 1. The summed E-state index contributed by atoms with van der Waals surface area (Å²) in [5, 5.41) is 7.29. The zero-order chi connectivity index (χ0) is 12.1. The van der Waals surface area contributed by atoms with Crippen molar-refractivity contribution in [3.05, 3.63) is 12.7 Å². The molecule has 0 saturated carbocycles. The number of nitrogens with zero attached hydrogens (tertiary/aromatic N) is 4. The predicted octanol–water partition coefficient (Wildman–Crippen LogP) is -0.121. The molecular formula is C11H19N5O. The van der Waals surface area contributed by atoms with Crippen molar-refractivity contribution in [3.8, 4) is 0 Å². The van der Waals surface area contributed by atoms with E-state index in [0.29, 0.717) is 12.5 Å². The molecule has 2 heterocycles. The fraction of sp³-hybridized carbons (Fsp3) is 0.727. The molecular weight excluding hydrogens is 218 g/mol. The van der Waals surface area contributed by atoms with Crippen molar-refractivity contribution < 1.29 is 4.79 Å². The minimum absolute atomic E-state index is 0.249. The van der Waals surface area contributed by atoms with Crippen LogP contribution < -0.4 is 5.32 Å². The van der Waals surface area contributed by atoms with Gasteiger partial charge in [0.1, 0.15) is 12.7 Å². The summed E-state index contributed by atoms with van der Waals surface area (Å²) in [4.78, 5) is 17.8. The molecule has 1 amide bonds. The van der Waals surface area contributed by atoms with Crippen molar-refractivity contribution in [2.75, 3.05) is 19.6 Å². The van der Waals surface area contributed by atoms with Crippen LogP contribution in [-0.4, -0.2) is 51.2 Å². The highest BCUT2D eigenvalue weighted by atomic mass is 16.2. The number of aromatic nitrogens is 3. The molecule has 17 heavy (non-hydrogen) atoms. The average Bonchev–Trinajstić information content (AvgIpc) is 2.82. The van der Waals surface area contributed by atoms with Gasteiger partial charge in [0.05, 0.1) is 0 Å². The third-order valence-corrected chi connectivity index (χ3v) is 3.07. The highest BCUT2D eigenvalue weighted by Gasteiger charge is 2.22. The molecule has 1 fully saturated rings. The van der Waals surface area contributed by atoms with Gasteiger partial charge in [0.2, 0.25) is 5.91 Å². The van der Waals surface area contributed by atoms with Crippen LogP contribution in [0.25, 0.3) is 0 Å². The van der Waals surface area contributed by atoms with Crippen molar-refractivity contribution in [3.63, 3.8) is 0 Å². The summed E-state index contributed by atoms with van der Waals surface area (Å²) >= 11 is 0. The highest BCUT2D eigenvalue weighted by molar-refractivity contribution is 5.76. The first-order chi connectivity index (χ1) is 8.27. The fourth-order valence-corrected chi connectivity index (χ4v) is 2.10. The summed E-state index contributed by atoms with van der Waals surface area (Å²) in [5.74, 6) is 0.249. The second-order valence-corrected chi connectivity index (χ2v) is 4.40. The number of amides is 1. The van der Waals surface area contributed by atoms with Gasteiger partial charge in [0.15, 0.2) is 0 Å². The Hall–Kier alpha value is -1.43. The first kappa shape index (κ1) is 12.0. The summed E-state index contributed by atoms with van der Waals surface area (Å²) in [6, 6.07) is 0.308. The van der Waals surface area contributed by atoms with Gasteiger partial charge in [-0.2, -0.15) is 5.10 Å². The van der Waals surface area contributed by atoms with E-state index in [1.807, 2.05) is 4.90 Å². The molecule has 6 nitrogen and oxygen atoms in total. The normalized spacial score (nSPS) is 20.5. The maximum Gasteiger partial charge on any atom is 0.222 e. The largest absolute Gasteiger partial charge is 0.337 e. The molecule has 1 N–H and O–H groups in total. The van der Waals surface area contributed by atoms with E-state index in [1.54, 1.807) is 11.0 Å². The van der Waals surface area contributed by atoms with E-state index in [0.717, 1.165) is 32.6 Å². The van der Waals surface area contributed by atoms with Gasteiger partial charge < -0.3 is 10.2 Å². The molecule has 6 heteroatoms. The van der Waals surface area contributed by atoms with E-state index in [1.165, 1.54) is 6.33 Å². The average molecular weight is 237 g/mol. The van der Waals surface area contributed by atoms with Crippen LogP contribution in [0.5, 0.6) is 0 Å². The third kappa shape index (κ3) is 3.26. The number of carbonyl (C=O) groups is 1. The minimum atomic E-state index is 0.249. The number of hydrogen-bond acceptors (Lipinski definition) is 4. The van der Waals surface area contributed by atoms with Gasteiger partial charge in [0.25, 0.3) is 0 Å². The monoisotopic (exact) mass is 237 g/mol. The molecule has 0 spiro atoms. The number of rotatable bonds is 4. The molecule has 1 unspecified atom stereocenters. The van der Waals surface area contributed by atoms with Gasteiger partial charge in [-0.25, -0.2) is 4.98 Å². The zero-order valence-corrected chi connectivity index (χ0v) is 10.2. The molecule has 1 atom stereocenters. The van der Waals surface area contributed by atoms with E-state index in [-0.39, 0.29) is 5.91 Å². The van der Waals surface area contributed by atoms with Crippen LogP contribution in [0.1, 0.15) is 19.8 Å². The van der Waals surface area contributed by atoms with Crippen LogP contribution in [-0.2, 0) is 11.3 Å². The number of piperazine rings is 1. The van der Waals surface area contributed by atoms with E-state index in [2.05, 4.69) is 22.3 Å². The fourth-order valence-electron chi connectivity index (χ4n) is 2.10. The van der Waals surface area contributed by atoms with Crippen LogP contribution in [0.4, 0.5) is 0 Å². The lowest BCUT2D eigenvalue weighted by molar-refractivity contribution is -0.134. The second-order valence-electron chi connectivity index (χ2n) is 4.40. The Morgan fingerprint density at radius 1 is 1.59 bits per heavy atom. The van der Waals surface area contributed by atoms with E-state index in [4.69, 9.17) is 0 Å². The minimum Gasteiger partial charge on any atom is -0.337 e. The molecule has 1 aliphatic heterocycles. The van der Waals surface area contributed by atoms with Gasteiger partial charge >= 0.3 is 0 Å². The topological polar surface area (TPSA) is 63.1 Å². The molecule has 1 saturated heterocycles. The summed E-state index contributed by atoms with van der Waals surface area (Å²) in [7, 11) is 0. The first-order valence-corrected chi connectivity index (χ1v) is 6.10. The van der Waals surface area contributed by atoms with Crippen LogP contribution in [0, 0.1) is 0 Å². The van der Waals surface area contributed by atoms with Crippen LogP contribution in [0.3, 0.4) is 0 Å². The summed E-state index contributed by atoms with van der Waals surface area (Å²) in [6.07, 6.45) is 4.60. The molecule has 0 radical (unpaired) electrons. The first-order valence-electron chi connectivity index (χ1n) is 6.10. The number of carbonyl (C=O) groups excluding carboxylic acids is 1. The molecule has 0 aliphatic carbocycles. The van der Waals surface area contributed by atoms with Crippen LogP contribution >= 0.6 is 0 Å². The number of nitrogens with one attached hydrogen (secondary N) is 1. The molecule has 1 aromatic heterocycles. The Morgan fingerprint density at radius 3 is 3.18 bits per heavy atom. The lowest BCUT2D eigenvalue weighted by Gasteiger charge is -2.34. The molecule has 1 aromatic rings. The van der Waals surface area contributed by atoms with Gasteiger partial charge in [-0.3, -0.25) is 9.48 Å². The van der Waals surface area contributed by atoms with E-state index >= 15 is 0 Å². The van der Waals surface area contributed by atoms with E-state index < -0.39 is 0 Å². The van der Waals surface area contributed by atoms with Crippen molar-refractivity contribution in [1.29, 1.82) is 0 Å². The molecule has 94 valence electrons. The van der Waals surface area contributed by atoms with Gasteiger partial charge in [-0.15, -0.1) is 0 Å². The summed E-state index contributed by atoms with van der Waals surface area (Å²) in [6.45, 7) is 5.46. The lowest BCUT2D eigenvalue weighted by Crippen LogP contribution is -2.52. The maximum absolute atomic E-state index is 12.0. The van der Waals surface area contributed by atoms with Gasteiger partial charge in [0, 0.05) is 38.6 Å². The highest BCUT2D eigenvalue weighted by Crippen LogP contribution is 2.06. The SMILES string of the molecule is CC1CNCCN1C(=O)CCCn1cncn1. The van der Waals surface area contributed by atoms with E-state index in [9.17, 15) is 4.79 Å². The van der Waals surface area contributed by atoms with Crippen LogP contribution in [0.15, 0.2) is 12.7 Å². The standard InChI is InChI=1S/C11H19N5O/c1-10-7-12-4-6-16(10)11(17)3-2-5-15-9-13-8-14-15/h8-10,12H,2-7H2,1H3. The van der Waals surface area contributed by atoms with Crippen molar-refractivity contribution in [2.24, 2.45) is 0 Å². The van der Waals surface area contributed by atoms with Crippen molar-refractivity contribution >= 4 is 5.91 Å². The van der Waals surface area contributed by atoms with Gasteiger partial charge in [-0.1, -0.05) is 0 Å². The molecule has 2 rings (SSSR count). The molecule has 1 aliphatic rings. The number of hydrogen-bond donors (Lipinski definition) is 1. The Labute approximate surface area is 101 Å². The predicted molar refractivity (Wildman–Crippen MR) is 63.3 cm³/mol. The summed E-state index contributed by atoms with van der Waals surface area (Å²) in [5.41, 5.74) is 0. The third-order valence-electron chi connectivity index (χ3n) is 3.07. The lowest BCUT2D eigenvalue weighted by atomic mass is 10.2. The van der Waals surface area contributed by atoms with Gasteiger partial charge in [-0.05, 0) is 13.3 Å². The van der Waals surface area contributed by atoms with Crippen LogP contribution in [0.2, 0.25) is 0 Å². The quantitative estimate of drug-likeness (QED) is 0.793. The Balaban J connectivity index is 1.73. The molecule has 0 aromatic carbocycles. The maximum atomic E-state index is 12.0.